The third-order valence-corrected chi connectivity index (χ3v) is 12.5. The first-order valence-electron chi connectivity index (χ1n) is 15.9. The Kier molecular flexibility index (Phi) is 8.07. The molecule has 6 heteroatoms. The molecule has 0 amide bonds. The van der Waals surface area contributed by atoms with Crippen LogP contribution in [0.15, 0.2) is 134 Å². The molecule has 47 heavy (non-hydrogen) atoms. The van der Waals surface area contributed by atoms with Crippen LogP contribution in [0.4, 0.5) is 0 Å². The number of benzene rings is 5. The maximum atomic E-state index is 4.89. The Labute approximate surface area is 291 Å². The van der Waals surface area contributed by atoms with Gasteiger partial charge in [-0.1, -0.05) is 67.1 Å². The van der Waals surface area contributed by atoms with Crippen molar-refractivity contribution in [3.63, 3.8) is 0 Å². The Balaban J connectivity index is 0.00000351. The van der Waals surface area contributed by atoms with Crippen LogP contribution in [-0.2, 0) is 21.1 Å². The zero-order chi connectivity index (χ0) is 31.4. The van der Waals surface area contributed by atoms with E-state index in [4.69, 9.17) is 4.98 Å². The fraction of sp³-hybridized carbons (Fsp3) is 0.122. The maximum absolute atomic E-state index is 4.89. The number of para-hydroxylation sites is 3. The molecule has 0 unspecified atom stereocenters. The molecule has 8 aromatic rings. The van der Waals surface area contributed by atoms with Crippen LogP contribution < -0.4 is 10.4 Å². The van der Waals surface area contributed by atoms with E-state index in [2.05, 4.69) is 180 Å². The molecular formula is C41H35N4PtSi-. The van der Waals surface area contributed by atoms with Crippen LogP contribution in [0, 0.1) is 12.1 Å². The monoisotopic (exact) mass is 806 g/mol. The number of aromatic nitrogens is 4. The molecule has 0 fully saturated rings. The van der Waals surface area contributed by atoms with Gasteiger partial charge < -0.3 is 4.57 Å². The zero-order valence-electron chi connectivity index (χ0n) is 26.9. The van der Waals surface area contributed by atoms with E-state index in [1.54, 1.807) is 0 Å². The Morgan fingerprint density at radius 1 is 0.660 bits per heavy atom. The largest absolute Gasteiger partial charge is 0.319 e. The number of fused-ring (bicyclic) bond motifs is 4. The minimum atomic E-state index is -2.22. The van der Waals surface area contributed by atoms with Crippen molar-refractivity contribution in [2.24, 2.45) is 0 Å². The van der Waals surface area contributed by atoms with Crippen LogP contribution >= 0.6 is 0 Å². The second kappa shape index (κ2) is 12.2. The van der Waals surface area contributed by atoms with Gasteiger partial charge in [0.2, 0.25) is 0 Å². The van der Waals surface area contributed by atoms with E-state index >= 15 is 0 Å². The molecule has 0 aliphatic rings. The van der Waals surface area contributed by atoms with Crippen molar-refractivity contribution in [1.29, 1.82) is 0 Å². The molecule has 0 atom stereocenters. The van der Waals surface area contributed by atoms with Crippen molar-refractivity contribution in [3.8, 4) is 22.6 Å². The van der Waals surface area contributed by atoms with E-state index in [1.807, 2.05) is 6.20 Å². The third kappa shape index (κ3) is 5.28. The Hall–Kier alpha value is -4.57. The number of imidazole rings is 1. The molecule has 0 aliphatic carbocycles. The summed E-state index contributed by atoms with van der Waals surface area (Å²) in [6.07, 6.45) is 4.13. The Morgan fingerprint density at radius 3 is 2.15 bits per heavy atom. The minimum Gasteiger partial charge on any atom is -0.319 e. The quantitative estimate of drug-likeness (QED) is 0.122. The van der Waals surface area contributed by atoms with E-state index in [1.165, 1.54) is 37.7 Å². The van der Waals surface area contributed by atoms with Gasteiger partial charge in [-0.25, -0.2) is 14.1 Å². The van der Waals surface area contributed by atoms with Gasteiger partial charge in [-0.05, 0) is 60.7 Å². The van der Waals surface area contributed by atoms with E-state index < -0.39 is 8.07 Å². The Morgan fingerprint density at radius 2 is 1.36 bits per heavy atom. The van der Waals surface area contributed by atoms with Crippen LogP contribution in [-0.4, -0.2) is 26.8 Å². The standard InChI is InChI=1S/C41H35N4Si.Pt/c1-29(2)43-28-44(39-20-11-10-19-38(39)43)32-15-12-16-33(26-32)46(3,4)34-21-22-36-35-17-8-9-18-37(35)45(40(36)27-34)41-25-31(23-24-42-41)30-13-6-5-7-14-30;/h5-25,28-29H,1-4H3;/q-1;. The predicted octanol–water partition coefficient (Wildman–Crippen LogP) is 8.87. The van der Waals surface area contributed by atoms with Crippen molar-refractivity contribution in [1.82, 2.24) is 18.7 Å². The van der Waals surface area contributed by atoms with E-state index in [-0.39, 0.29) is 21.1 Å². The third-order valence-electron chi connectivity index (χ3n) is 9.27. The van der Waals surface area contributed by atoms with Crippen LogP contribution in [0.3, 0.4) is 0 Å². The Bertz CT molecular complexity index is 2390. The summed E-state index contributed by atoms with van der Waals surface area (Å²) in [4.78, 5) is 4.89. The summed E-state index contributed by atoms with van der Waals surface area (Å²) in [6, 6.07) is 51.3. The van der Waals surface area contributed by atoms with Crippen molar-refractivity contribution in [2.75, 3.05) is 0 Å². The van der Waals surface area contributed by atoms with Gasteiger partial charge in [-0.2, -0.15) is 40.7 Å². The van der Waals surface area contributed by atoms with Gasteiger partial charge in [0.05, 0.1) is 14.1 Å². The fourth-order valence-electron chi connectivity index (χ4n) is 6.69. The molecule has 0 saturated heterocycles. The fourth-order valence-corrected chi connectivity index (χ4v) is 8.87. The molecule has 234 valence electrons. The van der Waals surface area contributed by atoms with Crippen LogP contribution in [0.25, 0.3) is 55.5 Å². The first-order chi connectivity index (χ1) is 22.4. The molecule has 4 nitrogen and oxygen atoms in total. The number of hydrogen-bond donors (Lipinski definition) is 0. The SMILES string of the molecule is CC(C)n1[cH+]n(-c2[c-]c([Si](C)(C)c3[c-]c4c(cc3)c3ccccc3n4-c3cc(-c4ccccc4)ccn3)ccc2)c2ccccc21.[Pt]. The van der Waals surface area contributed by atoms with Crippen molar-refractivity contribution >= 4 is 51.3 Å². The van der Waals surface area contributed by atoms with Gasteiger partial charge in [0.25, 0.3) is 0 Å². The van der Waals surface area contributed by atoms with Crippen LogP contribution in [0.2, 0.25) is 13.1 Å². The molecule has 0 radical (unpaired) electrons. The molecule has 3 heterocycles. The molecule has 0 bridgehead atoms. The summed E-state index contributed by atoms with van der Waals surface area (Å²) < 4.78 is 6.89. The van der Waals surface area contributed by atoms with Gasteiger partial charge in [-0.15, -0.1) is 17.5 Å². The normalized spacial score (nSPS) is 11.9. The molecule has 0 spiro atoms. The summed E-state index contributed by atoms with van der Waals surface area (Å²) >= 11 is 0. The number of pyridine rings is 1. The van der Waals surface area contributed by atoms with Crippen molar-refractivity contribution in [3.05, 3.63) is 146 Å². The summed E-state index contributed by atoms with van der Waals surface area (Å²) in [5, 5.41) is 4.89. The summed E-state index contributed by atoms with van der Waals surface area (Å²) in [5.41, 5.74) is 7.99. The van der Waals surface area contributed by atoms with Gasteiger partial charge in [0.1, 0.15) is 5.82 Å². The first kappa shape index (κ1) is 31.0. The molecule has 8 rings (SSSR count). The zero-order valence-corrected chi connectivity index (χ0v) is 30.2. The topological polar surface area (TPSA) is 27.7 Å². The second-order valence-corrected chi connectivity index (χ2v) is 17.1. The molecule has 5 aromatic carbocycles. The van der Waals surface area contributed by atoms with Gasteiger partial charge in [0, 0.05) is 50.6 Å². The molecule has 3 aromatic heterocycles. The molecule has 0 saturated carbocycles. The number of hydrogen-bond acceptors (Lipinski definition) is 1. The van der Waals surface area contributed by atoms with Crippen LogP contribution in [0.5, 0.6) is 0 Å². The van der Waals surface area contributed by atoms with E-state index in [0.29, 0.717) is 6.04 Å². The average Bonchev–Trinajstić information content (AvgIpc) is 3.65. The molecule has 0 aliphatic heterocycles. The predicted molar refractivity (Wildman–Crippen MR) is 194 cm³/mol. The van der Waals surface area contributed by atoms with Crippen molar-refractivity contribution < 1.29 is 21.1 Å². The van der Waals surface area contributed by atoms with E-state index in [0.717, 1.165) is 28.1 Å². The van der Waals surface area contributed by atoms with E-state index in [9.17, 15) is 0 Å². The smallest absolute Gasteiger partial charge is 0.188 e. The average molecular weight is 807 g/mol. The first-order valence-corrected chi connectivity index (χ1v) is 18.9. The van der Waals surface area contributed by atoms with Gasteiger partial charge in [0.15, 0.2) is 17.4 Å². The number of nitrogens with zero attached hydrogens (tertiary/aromatic N) is 4. The minimum absolute atomic E-state index is 0. The van der Waals surface area contributed by atoms with Gasteiger partial charge in [-0.3, -0.25) is 0 Å². The van der Waals surface area contributed by atoms with Gasteiger partial charge >= 0.3 is 0 Å². The molecular weight excluding hydrogens is 772 g/mol. The maximum Gasteiger partial charge on any atom is 0.188 e. The van der Waals surface area contributed by atoms with Crippen LogP contribution in [0.1, 0.15) is 19.9 Å². The summed E-state index contributed by atoms with van der Waals surface area (Å²) in [6.45, 7) is 9.27. The van der Waals surface area contributed by atoms with Crippen molar-refractivity contribution in [2.45, 2.75) is 33.0 Å². The number of rotatable bonds is 6. The summed E-state index contributed by atoms with van der Waals surface area (Å²) in [5.74, 6) is 0.895. The molecule has 0 N–H and O–H groups in total. The summed E-state index contributed by atoms with van der Waals surface area (Å²) in [7, 11) is -2.22. The second-order valence-electron chi connectivity index (χ2n) is 12.8.